The maximum Gasteiger partial charge on any atom is 0.333 e. The Morgan fingerprint density at radius 3 is 3.00 bits per heavy atom. The van der Waals surface area contributed by atoms with Gasteiger partial charge in [-0.05, 0) is 11.7 Å². The Kier molecular flexibility index (Phi) is 2.31. The topological polar surface area (TPSA) is 20.2 Å². The third-order valence-corrected chi connectivity index (χ3v) is 2.23. The molecule has 0 spiro atoms. The van der Waals surface area contributed by atoms with E-state index in [4.69, 9.17) is 0 Å². The van der Waals surface area contributed by atoms with Gasteiger partial charge in [-0.1, -0.05) is 19.1 Å². The van der Waals surface area contributed by atoms with Gasteiger partial charge in [0.15, 0.2) is 0 Å². The molecule has 0 aliphatic rings. The molecule has 3 heteroatoms. The summed E-state index contributed by atoms with van der Waals surface area (Å²) in [6.45, 7) is 1.73. The second-order valence-corrected chi connectivity index (χ2v) is 2.92. The average Bonchev–Trinajstić information content (AvgIpc) is 2.37. The van der Waals surface area contributed by atoms with Crippen molar-refractivity contribution < 1.29 is 5.02 Å². The van der Waals surface area contributed by atoms with E-state index in [1.807, 2.05) is 24.4 Å². The van der Waals surface area contributed by atoms with E-state index in [1.54, 1.807) is 11.3 Å². The molecule has 0 saturated heterocycles. The van der Waals surface area contributed by atoms with Crippen LogP contribution in [0, 0.1) is 0 Å². The lowest BCUT2D eigenvalue weighted by atomic mass is 9.64. The van der Waals surface area contributed by atoms with Gasteiger partial charge in [-0.25, -0.2) is 0 Å². The molecule has 1 nitrogen and oxygen atoms in total. The lowest BCUT2D eigenvalue weighted by molar-refractivity contribution is 0.587. The molecule has 0 aliphatic carbocycles. The predicted octanol–water partition coefficient (Wildman–Crippen LogP) is 0.959. The summed E-state index contributed by atoms with van der Waals surface area (Å²) >= 11 is 1.61. The van der Waals surface area contributed by atoms with Gasteiger partial charge in [-0.15, -0.1) is 0 Å². The van der Waals surface area contributed by atoms with Gasteiger partial charge in [0.2, 0.25) is 0 Å². The fraction of sp³-hybridized carbons (Fsp3) is 0.333. The smallest absolute Gasteiger partial charge is 0.333 e. The normalized spacial score (nSPS) is 9.56. The van der Waals surface area contributed by atoms with Gasteiger partial charge in [-0.2, -0.15) is 11.3 Å². The highest BCUT2D eigenvalue weighted by molar-refractivity contribution is 7.21. The van der Waals surface area contributed by atoms with E-state index < -0.39 is 0 Å². The van der Waals surface area contributed by atoms with Crippen LogP contribution in [-0.4, -0.2) is 11.9 Å². The molecule has 1 aromatic heterocycles. The summed E-state index contributed by atoms with van der Waals surface area (Å²) in [5.74, 6) is 0. The first-order chi connectivity index (χ1) is 4.34. The lowest BCUT2D eigenvalue weighted by Gasteiger charge is -1.95. The van der Waals surface area contributed by atoms with Crippen molar-refractivity contribution in [1.29, 1.82) is 0 Å². The highest BCUT2D eigenvalue weighted by atomic mass is 32.1. The van der Waals surface area contributed by atoms with Crippen molar-refractivity contribution >= 4 is 23.0 Å². The standard InChI is InChI=1S/C6H9BOS/c1-2-7(8)6-4-3-5-9-6/h3-5,8H,2H2,1H3. The molecule has 0 amide bonds. The molecule has 0 radical (unpaired) electrons. The lowest BCUT2D eigenvalue weighted by Crippen LogP contribution is -2.25. The molecule has 0 fully saturated rings. The minimum absolute atomic E-state index is 0.245. The first kappa shape index (κ1) is 6.84. The second-order valence-electron chi connectivity index (χ2n) is 1.94. The Balaban J connectivity index is 2.65. The highest BCUT2D eigenvalue weighted by Crippen LogP contribution is 1.97. The van der Waals surface area contributed by atoms with Gasteiger partial charge in [0, 0.05) is 4.78 Å². The molecule has 1 rings (SSSR count). The molecular formula is C6H9BOS. The molecule has 1 aromatic rings. The van der Waals surface area contributed by atoms with Crippen LogP contribution in [0.5, 0.6) is 0 Å². The maximum absolute atomic E-state index is 9.23. The van der Waals surface area contributed by atoms with Crippen LogP contribution >= 0.6 is 11.3 Å². The van der Waals surface area contributed by atoms with Crippen molar-refractivity contribution in [3.63, 3.8) is 0 Å². The van der Waals surface area contributed by atoms with Crippen LogP contribution < -0.4 is 4.78 Å². The van der Waals surface area contributed by atoms with Gasteiger partial charge in [0.05, 0.1) is 0 Å². The Morgan fingerprint density at radius 1 is 1.78 bits per heavy atom. The molecule has 48 valence electrons. The number of hydrogen-bond acceptors (Lipinski definition) is 2. The summed E-state index contributed by atoms with van der Waals surface area (Å²) in [4.78, 5) is 0. The Labute approximate surface area is 59.5 Å². The van der Waals surface area contributed by atoms with Gasteiger partial charge in [0.25, 0.3) is 0 Å². The van der Waals surface area contributed by atoms with Gasteiger partial charge >= 0.3 is 6.92 Å². The van der Waals surface area contributed by atoms with E-state index in [1.165, 1.54) is 0 Å². The van der Waals surface area contributed by atoms with Crippen LogP contribution in [0.1, 0.15) is 6.92 Å². The molecule has 1 N–H and O–H groups in total. The molecule has 0 saturated carbocycles. The number of hydrogen-bond donors (Lipinski definition) is 1. The molecule has 1 heterocycles. The molecule has 0 aliphatic heterocycles. The quantitative estimate of drug-likeness (QED) is 0.606. The molecule has 0 atom stereocenters. The summed E-state index contributed by atoms with van der Waals surface area (Å²) in [5, 5.41) is 11.2. The predicted molar refractivity (Wildman–Crippen MR) is 42.4 cm³/mol. The monoisotopic (exact) mass is 140 g/mol. The Bertz CT molecular complexity index is 162. The van der Waals surface area contributed by atoms with Gasteiger partial charge < -0.3 is 5.02 Å². The van der Waals surface area contributed by atoms with Crippen molar-refractivity contribution in [3.05, 3.63) is 17.5 Å². The van der Waals surface area contributed by atoms with E-state index >= 15 is 0 Å². The van der Waals surface area contributed by atoms with Crippen molar-refractivity contribution in [2.24, 2.45) is 0 Å². The SMILES string of the molecule is CCB(O)c1cccs1. The Morgan fingerprint density at radius 2 is 2.56 bits per heavy atom. The summed E-state index contributed by atoms with van der Waals surface area (Å²) in [5.41, 5.74) is 0. The van der Waals surface area contributed by atoms with E-state index in [0.717, 1.165) is 11.1 Å². The molecule has 9 heavy (non-hydrogen) atoms. The molecule has 0 bridgehead atoms. The third-order valence-electron chi connectivity index (χ3n) is 1.26. The van der Waals surface area contributed by atoms with Crippen LogP contribution in [-0.2, 0) is 0 Å². The minimum Gasteiger partial charge on any atom is -0.446 e. The summed E-state index contributed by atoms with van der Waals surface area (Å²) in [6, 6.07) is 3.91. The van der Waals surface area contributed by atoms with E-state index in [2.05, 4.69) is 0 Å². The fourth-order valence-electron chi connectivity index (χ4n) is 0.682. The van der Waals surface area contributed by atoms with E-state index in [0.29, 0.717) is 0 Å². The van der Waals surface area contributed by atoms with Crippen LogP contribution in [0.4, 0.5) is 0 Å². The minimum atomic E-state index is -0.245. The summed E-state index contributed by atoms with van der Waals surface area (Å²) in [7, 11) is 0. The summed E-state index contributed by atoms with van der Waals surface area (Å²) < 4.78 is 1.07. The fourth-order valence-corrected chi connectivity index (χ4v) is 1.48. The summed E-state index contributed by atoms with van der Waals surface area (Å²) in [6.07, 6.45) is 0.806. The molecule has 0 aromatic carbocycles. The van der Waals surface area contributed by atoms with Crippen LogP contribution in [0.3, 0.4) is 0 Å². The third kappa shape index (κ3) is 1.56. The molecular weight excluding hydrogens is 131 g/mol. The van der Waals surface area contributed by atoms with Crippen LogP contribution in [0.15, 0.2) is 17.5 Å². The van der Waals surface area contributed by atoms with Crippen molar-refractivity contribution in [3.8, 4) is 0 Å². The largest absolute Gasteiger partial charge is 0.446 e. The highest BCUT2D eigenvalue weighted by Gasteiger charge is 2.10. The van der Waals surface area contributed by atoms with Gasteiger partial charge in [0.1, 0.15) is 0 Å². The van der Waals surface area contributed by atoms with Crippen molar-refractivity contribution in [2.75, 3.05) is 0 Å². The Hall–Kier alpha value is -0.275. The van der Waals surface area contributed by atoms with Crippen molar-refractivity contribution in [2.45, 2.75) is 13.2 Å². The van der Waals surface area contributed by atoms with Crippen LogP contribution in [0.25, 0.3) is 0 Å². The van der Waals surface area contributed by atoms with Gasteiger partial charge in [-0.3, -0.25) is 0 Å². The van der Waals surface area contributed by atoms with E-state index in [9.17, 15) is 5.02 Å². The number of rotatable bonds is 2. The average molecular weight is 140 g/mol. The zero-order valence-corrected chi connectivity index (χ0v) is 6.19. The zero-order chi connectivity index (χ0) is 6.69. The first-order valence-electron chi connectivity index (χ1n) is 3.06. The van der Waals surface area contributed by atoms with Crippen LogP contribution in [0.2, 0.25) is 6.32 Å². The zero-order valence-electron chi connectivity index (χ0n) is 5.37. The molecule has 0 unspecified atom stereocenters. The first-order valence-corrected chi connectivity index (χ1v) is 3.94. The second kappa shape index (κ2) is 3.04. The number of thiophene rings is 1. The van der Waals surface area contributed by atoms with E-state index in [-0.39, 0.29) is 6.92 Å². The van der Waals surface area contributed by atoms with Crippen molar-refractivity contribution in [1.82, 2.24) is 0 Å². The maximum atomic E-state index is 9.23.